The highest BCUT2D eigenvalue weighted by molar-refractivity contribution is 6.76. The summed E-state index contributed by atoms with van der Waals surface area (Å²) in [6, 6.07) is 8.11. The Bertz CT molecular complexity index is 1260. The number of ether oxygens (including phenoxy) is 3. The van der Waals surface area contributed by atoms with Gasteiger partial charge in [0.2, 0.25) is 0 Å². The van der Waals surface area contributed by atoms with E-state index in [-0.39, 0.29) is 18.5 Å². The molecular weight excluding hydrogens is 509 g/mol. The number of carboxylic acids is 1. The lowest BCUT2D eigenvalue weighted by molar-refractivity contribution is -0.139. The first-order chi connectivity index (χ1) is 17.7. The molecule has 9 nitrogen and oxygen atoms in total. The number of alkyl carbamates (subject to hydrolysis) is 1. The Labute approximate surface area is 222 Å². The highest BCUT2D eigenvalue weighted by atomic mass is 28.3. The number of halogens is 1. The number of carboxylic acid groups (broad SMARTS) is 1. The van der Waals surface area contributed by atoms with E-state index in [1.165, 1.54) is 6.20 Å². The highest BCUT2D eigenvalue weighted by Crippen LogP contribution is 2.32. The quantitative estimate of drug-likeness (QED) is 0.231. The first kappa shape index (κ1) is 29.1. The number of carbonyl (C=O) groups is 2. The number of hydrogen-bond acceptors (Lipinski definition) is 6. The van der Waals surface area contributed by atoms with E-state index < -0.39 is 37.6 Å². The Kier molecular flexibility index (Phi) is 9.16. The third-order valence-corrected chi connectivity index (χ3v) is 7.18. The molecule has 1 aromatic carbocycles. The Morgan fingerprint density at radius 2 is 1.84 bits per heavy atom. The van der Waals surface area contributed by atoms with Gasteiger partial charge in [0.25, 0.3) is 0 Å². The lowest BCUT2D eigenvalue weighted by Gasteiger charge is -2.22. The zero-order valence-corrected chi connectivity index (χ0v) is 23.7. The molecular formula is C27H36FN3O6Si. The average Bonchev–Trinajstić information content (AvgIpc) is 3.12. The number of aromatic nitrogens is 2. The number of aliphatic carboxylic acids is 1. The predicted octanol–water partition coefficient (Wildman–Crippen LogP) is 5.80. The summed E-state index contributed by atoms with van der Waals surface area (Å²) in [5, 5.41) is 12.1. The fraction of sp³-hybridized carbons (Fsp3) is 0.444. The number of carbonyl (C=O) groups excluding carboxylic acids is 1. The SMILES string of the molecule is CC(C)(C)OC(=O)N[C@@H](Cc1ccc(Oc2ccnc3c2c(F)cn3COCC[Si](C)(C)C)cc1)C(=O)O. The van der Waals surface area contributed by atoms with Crippen LogP contribution >= 0.6 is 0 Å². The molecule has 38 heavy (non-hydrogen) atoms. The highest BCUT2D eigenvalue weighted by Gasteiger charge is 2.24. The second-order valence-electron chi connectivity index (χ2n) is 11.3. The minimum atomic E-state index is -1.23. The van der Waals surface area contributed by atoms with Gasteiger partial charge in [-0.2, -0.15) is 0 Å². The third-order valence-electron chi connectivity index (χ3n) is 5.48. The van der Waals surface area contributed by atoms with Gasteiger partial charge in [-0.15, -0.1) is 0 Å². The van der Waals surface area contributed by atoms with Gasteiger partial charge in [-0.05, 0) is 44.5 Å². The first-order valence-electron chi connectivity index (χ1n) is 12.4. The standard InChI is InChI=1S/C27H36FN3O6Si/c1-27(2,3)37-26(34)30-21(25(32)33)15-18-7-9-19(10-8-18)36-22-11-12-29-24-23(22)20(28)16-31(24)17-35-13-14-38(4,5)6/h7-12,16,21H,13-15,17H2,1-6H3,(H,30,34)(H,32,33)/t21-/m0/s1. The number of fused-ring (bicyclic) bond motifs is 1. The van der Waals surface area contributed by atoms with Crippen molar-refractivity contribution in [1.29, 1.82) is 0 Å². The third kappa shape index (κ3) is 8.56. The number of amides is 1. The second-order valence-corrected chi connectivity index (χ2v) is 16.9. The van der Waals surface area contributed by atoms with E-state index in [1.54, 1.807) is 61.9 Å². The molecule has 0 aliphatic carbocycles. The van der Waals surface area contributed by atoms with Crippen molar-refractivity contribution in [2.45, 2.75) is 71.3 Å². The molecule has 2 N–H and O–H groups in total. The van der Waals surface area contributed by atoms with Gasteiger partial charge in [0.1, 0.15) is 35.5 Å². The van der Waals surface area contributed by atoms with E-state index in [0.29, 0.717) is 29.3 Å². The van der Waals surface area contributed by atoms with Crippen LogP contribution in [0.2, 0.25) is 25.7 Å². The zero-order chi connectivity index (χ0) is 28.1. The van der Waals surface area contributed by atoms with Crippen molar-refractivity contribution in [1.82, 2.24) is 14.9 Å². The molecule has 0 bridgehead atoms. The summed E-state index contributed by atoms with van der Waals surface area (Å²) in [6.07, 6.45) is 2.14. The van der Waals surface area contributed by atoms with Crippen molar-refractivity contribution in [3.8, 4) is 11.5 Å². The Balaban J connectivity index is 1.68. The number of nitrogens with one attached hydrogen (secondary N) is 1. The lowest BCUT2D eigenvalue weighted by Crippen LogP contribution is -2.44. The smallest absolute Gasteiger partial charge is 0.408 e. The van der Waals surface area contributed by atoms with Crippen molar-refractivity contribution >= 4 is 31.2 Å². The molecule has 2 heterocycles. The van der Waals surface area contributed by atoms with Crippen LogP contribution in [0.4, 0.5) is 9.18 Å². The maximum atomic E-state index is 14.9. The maximum Gasteiger partial charge on any atom is 0.408 e. The van der Waals surface area contributed by atoms with E-state index >= 15 is 0 Å². The minimum absolute atomic E-state index is 0.0452. The number of pyridine rings is 1. The molecule has 0 saturated heterocycles. The van der Waals surface area contributed by atoms with Crippen molar-refractivity contribution in [2.75, 3.05) is 6.61 Å². The summed E-state index contributed by atoms with van der Waals surface area (Å²) in [5.74, 6) is -0.909. The topological polar surface area (TPSA) is 112 Å². The van der Waals surface area contributed by atoms with Gasteiger partial charge in [-0.3, -0.25) is 0 Å². The van der Waals surface area contributed by atoms with E-state index in [0.717, 1.165) is 6.04 Å². The average molecular weight is 546 g/mol. The molecule has 0 fully saturated rings. The summed E-state index contributed by atoms with van der Waals surface area (Å²) in [7, 11) is -1.23. The van der Waals surface area contributed by atoms with Crippen LogP contribution in [-0.2, 0) is 27.4 Å². The molecule has 2 aromatic heterocycles. The summed E-state index contributed by atoms with van der Waals surface area (Å²) < 4.78 is 33.3. The number of nitrogens with zero attached hydrogens (tertiary/aromatic N) is 2. The molecule has 0 aliphatic rings. The molecule has 0 radical (unpaired) electrons. The zero-order valence-electron chi connectivity index (χ0n) is 22.7. The van der Waals surface area contributed by atoms with Crippen LogP contribution in [0.15, 0.2) is 42.7 Å². The normalized spacial score (nSPS) is 12.8. The van der Waals surface area contributed by atoms with Gasteiger partial charge >= 0.3 is 12.1 Å². The van der Waals surface area contributed by atoms with E-state index in [1.807, 2.05) is 0 Å². The second kappa shape index (κ2) is 12.0. The van der Waals surface area contributed by atoms with Gasteiger partial charge in [-0.25, -0.2) is 19.0 Å². The van der Waals surface area contributed by atoms with Crippen LogP contribution in [-0.4, -0.2) is 53.0 Å². The Morgan fingerprint density at radius 3 is 2.45 bits per heavy atom. The summed E-state index contributed by atoms with van der Waals surface area (Å²) >= 11 is 0. The number of rotatable bonds is 11. The van der Waals surface area contributed by atoms with Crippen LogP contribution in [0.5, 0.6) is 11.5 Å². The van der Waals surface area contributed by atoms with Gasteiger partial charge in [0.15, 0.2) is 5.82 Å². The van der Waals surface area contributed by atoms with Gasteiger partial charge in [0.05, 0.1) is 5.39 Å². The van der Waals surface area contributed by atoms with E-state index in [2.05, 4.69) is 29.9 Å². The maximum absolute atomic E-state index is 14.9. The molecule has 0 unspecified atom stereocenters. The number of benzene rings is 1. The summed E-state index contributed by atoms with van der Waals surface area (Å²) in [6.45, 7) is 12.7. The van der Waals surface area contributed by atoms with Gasteiger partial charge in [-0.1, -0.05) is 31.8 Å². The van der Waals surface area contributed by atoms with Crippen LogP contribution in [0, 0.1) is 5.82 Å². The van der Waals surface area contributed by atoms with Crippen molar-refractivity contribution in [3.05, 3.63) is 54.1 Å². The molecule has 3 aromatic rings. The summed E-state index contributed by atoms with van der Waals surface area (Å²) in [4.78, 5) is 28.0. The Hall–Kier alpha value is -3.44. The molecule has 0 spiro atoms. The van der Waals surface area contributed by atoms with Gasteiger partial charge < -0.3 is 29.2 Å². The van der Waals surface area contributed by atoms with E-state index in [9.17, 15) is 19.1 Å². The van der Waals surface area contributed by atoms with E-state index in [4.69, 9.17) is 14.2 Å². The Morgan fingerprint density at radius 1 is 1.16 bits per heavy atom. The van der Waals surface area contributed by atoms with Crippen molar-refractivity contribution in [2.24, 2.45) is 0 Å². The monoisotopic (exact) mass is 545 g/mol. The lowest BCUT2D eigenvalue weighted by atomic mass is 10.1. The molecule has 1 amide bonds. The minimum Gasteiger partial charge on any atom is -0.480 e. The first-order valence-corrected chi connectivity index (χ1v) is 16.1. The van der Waals surface area contributed by atoms with Crippen molar-refractivity contribution < 1.29 is 33.3 Å². The molecule has 206 valence electrons. The van der Waals surface area contributed by atoms with Crippen LogP contribution in [0.3, 0.4) is 0 Å². The van der Waals surface area contributed by atoms with Gasteiger partial charge in [0, 0.05) is 39.6 Å². The van der Waals surface area contributed by atoms with Crippen LogP contribution < -0.4 is 10.1 Å². The molecule has 0 aliphatic heterocycles. The number of hydrogen-bond donors (Lipinski definition) is 2. The summed E-state index contributed by atoms with van der Waals surface area (Å²) in [5.41, 5.74) is 0.335. The molecule has 3 rings (SSSR count). The largest absolute Gasteiger partial charge is 0.480 e. The van der Waals surface area contributed by atoms with Crippen LogP contribution in [0.25, 0.3) is 11.0 Å². The molecule has 0 saturated carbocycles. The molecule has 11 heteroatoms. The predicted molar refractivity (Wildman–Crippen MR) is 145 cm³/mol. The fourth-order valence-electron chi connectivity index (χ4n) is 3.57. The molecule has 1 atom stereocenters. The fourth-order valence-corrected chi connectivity index (χ4v) is 4.33. The van der Waals surface area contributed by atoms with Crippen molar-refractivity contribution in [3.63, 3.8) is 0 Å². The van der Waals surface area contributed by atoms with Crippen LogP contribution in [0.1, 0.15) is 26.3 Å².